The van der Waals surface area contributed by atoms with E-state index in [4.69, 9.17) is 9.52 Å². The lowest BCUT2D eigenvalue weighted by Gasteiger charge is -2.31. The van der Waals surface area contributed by atoms with Crippen LogP contribution in [0.25, 0.3) is 0 Å². The standard InChI is InChI=1S/C24H25BrN2O4/c1-24(2)12-17(26-15-8-6-14(25)7-9-15)22(20(30)13-24)19(29)11-10-16-23-18(28)4-3-5-21(23)31-27-16/h6-9,29H,3-5,10-13H2,1-2H3/b22-19+,26-17?. The number of benzene rings is 1. The van der Waals surface area contributed by atoms with Crippen LogP contribution in [-0.2, 0) is 17.6 Å². The molecule has 0 atom stereocenters. The summed E-state index contributed by atoms with van der Waals surface area (Å²) in [5.74, 6) is 0.559. The van der Waals surface area contributed by atoms with Crippen molar-refractivity contribution in [3.8, 4) is 0 Å². The highest BCUT2D eigenvalue weighted by molar-refractivity contribution is 9.10. The Morgan fingerprint density at radius 1 is 1.16 bits per heavy atom. The van der Waals surface area contributed by atoms with Gasteiger partial charge in [-0.2, -0.15) is 0 Å². The lowest BCUT2D eigenvalue weighted by Crippen LogP contribution is -2.32. The van der Waals surface area contributed by atoms with E-state index in [9.17, 15) is 14.7 Å². The number of aryl methyl sites for hydroxylation is 2. The molecule has 2 aliphatic rings. The summed E-state index contributed by atoms with van der Waals surface area (Å²) in [5.41, 5.74) is 2.51. The number of Topliss-reactive ketones (excluding diaryl/α,β-unsaturated/α-hetero) is 2. The van der Waals surface area contributed by atoms with Crippen molar-refractivity contribution in [1.29, 1.82) is 0 Å². The van der Waals surface area contributed by atoms with Gasteiger partial charge in [-0.25, -0.2) is 0 Å². The number of aromatic nitrogens is 1. The minimum Gasteiger partial charge on any atom is -0.511 e. The van der Waals surface area contributed by atoms with Gasteiger partial charge in [0.25, 0.3) is 0 Å². The predicted octanol–water partition coefficient (Wildman–Crippen LogP) is 5.86. The van der Waals surface area contributed by atoms with Crippen molar-refractivity contribution < 1.29 is 19.2 Å². The summed E-state index contributed by atoms with van der Waals surface area (Å²) in [6.45, 7) is 4.06. The molecule has 0 amide bonds. The van der Waals surface area contributed by atoms with Gasteiger partial charge in [-0.05, 0) is 42.5 Å². The number of carbonyl (C=O) groups is 2. The monoisotopic (exact) mass is 484 g/mol. The first-order chi connectivity index (χ1) is 14.7. The van der Waals surface area contributed by atoms with E-state index < -0.39 is 0 Å². The summed E-state index contributed by atoms with van der Waals surface area (Å²) in [6, 6.07) is 7.52. The van der Waals surface area contributed by atoms with Crippen LogP contribution in [0.2, 0.25) is 0 Å². The quantitative estimate of drug-likeness (QED) is 0.433. The molecule has 0 saturated heterocycles. The van der Waals surface area contributed by atoms with E-state index in [0.717, 1.165) is 16.6 Å². The number of fused-ring (bicyclic) bond motifs is 1. The van der Waals surface area contributed by atoms with Gasteiger partial charge in [-0.1, -0.05) is 34.9 Å². The molecule has 1 aromatic heterocycles. The Morgan fingerprint density at radius 3 is 2.65 bits per heavy atom. The zero-order chi connectivity index (χ0) is 22.2. The Morgan fingerprint density at radius 2 is 1.90 bits per heavy atom. The van der Waals surface area contributed by atoms with Crippen molar-refractivity contribution in [1.82, 2.24) is 5.16 Å². The number of aliphatic hydroxyl groups excluding tert-OH is 1. The molecule has 1 heterocycles. The molecule has 0 aliphatic heterocycles. The number of hydrogen-bond donors (Lipinski definition) is 1. The third-order valence-corrected chi connectivity index (χ3v) is 6.28. The second-order valence-electron chi connectivity index (χ2n) is 9.00. The molecule has 2 aromatic rings. The average molecular weight is 485 g/mol. The number of carbonyl (C=O) groups excluding carboxylic acids is 2. The highest BCUT2D eigenvalue weighted by Gasteiger charge is 2.36. The molecule has 2 aliphatic carbocycles. The summed E-state index contributed by atoms with van der Waals surface area (Å²) in [5, 5.41) is 15.0. The van der Waals surface area contributed by atoms with E-state index in [1.807, 2.05) is 38.1 Å². The summed E-state index contributed by atoms with van der Waals surface area (Å²) in [7, 11) is 0. The number of halogens is 1. The van der Waals surface area contributed by atoms with Gasteiger partial charge in [0, 0.05) is 36.6 Å². The van der Waals surface area contributed by atoms with Gasteiger partial charge in [0.2, 0.25) is 0 Å². The predicted molar refractivity (Wildman–Crippen MR) is 121 cm³/mol. The fraction of sp³-hybridized carbons (Fsp3) is 0.417. The largest absolute Gasteiger partial charge is 0.511 e. The second kappa shape index (κ2) is 8.54. The Labute approximate surface area is 189 Å². The zero-order valence-corrected chi connectivity index (χ0v) is 19.3. The Balaban J connectivity index is 1.64. The molecule has 0 spiro atoms. The molecule has 31 heavy (non-hydrogen) atoms. The zero-order valence-electron chi connectivity index (χ0n) is 17.7. The van der Waals surface area contributed by atoms with E-state index in [1.165, 1.54) is 0 Å². The van der Waals surface area contributed by atoms with E-state index in [2.05, 4.69) is 21.1 Å². The fourth-order valence-electron chi connectivity index (χ4n) is 4.30. The number of ketones is 2. The normalized spacial score (nSPS) is 21.3. The molecule has 1 N–H and O–H groups in total. The van der Waals surface area contributed by atoms with Gasteiger partial charge in [-0.3, -0.25) is 14.6 Å². The number of nitrogens with zero attached hydrogens (tertiary/aromatic N) is 2. The molecule has 4 rings (SSSR count). The summed E-state index contributed by atoms with van der Waals surface area (Å²) in [4.78, 5) is 29.9. The Kier molecular flexibility index (Phi) is 5.97. The number of aliphatic hydroxyl groups is 1. The molecule has 1 fully saturated rings. The maximum atomic E-state index is 13.0. The summed E-state index contributed by atoms with van der Waals surface area (Å²) < 4.78 is 6.28. The maximum absolute atomic E-state index is 13.0. The number of aliphatic imine (C=N–C) groups is 1. The first kappa shape index (κ1) is 21.7. The van der Waals surface area contributed by atoms with Crippen LogP contribution in [0, 0.1) is 5.41 Å². The van der Waals surface area contributed by atoms with Crippen LogP contribution in [0.4, 0.5) is 5.69 Å². The van der Waals surface area contributed by atoms with Gasteiger partial charge in [0.1, 0.15) is 11.5 Å². The van der Waals surface area contributed by atoms with E-state index in [0.29, 0.717) is 60.4 Å². The van der Waals surface area contributed by atoms with Crippen molar-refractivity contribution in [2.24, 2.45) is 10.4 Å². The Bertz CT molecular complexity index is 1090. The first-order valence-electron chi connectivity index (χ1n) is 10.5. The minimum absolute atomic E-state index is 0.00336. The Hall–Kier alpha value is -2.54. The van der Waals surface area contributed by atoms with Crippen molar-refractivity contribution in [2.45, 2.75) is 58.8 Å². The third-order valence-electron chi connectivity index (χ3n) is 5.75. The highest BCUT2D eigenvalue weighted by atomic mass is 79.9. The molecule has 6 nitrogen and oxygen atoms in total. The third kappa shape index (κ3) is 4.71. The average Bonchev–Trinajstić information content (AvgIpc) is 3.11. The van der Waals surface area contributed by atoms with E-state index >= 15 is 0 Å². The molecule has 0 radical (unpaired) electrons. The fourth-order valence-corrected chi connectivity index (χ4v) is 4.56. The van der Waals surface area contributed by atoms with Gasteiger partial charge in [-0.15, -0.1) is 0 Å². The van der Waals surface area contributed by atoms with Crippen LogP contribution < -0.4 is 0 Å². The number of rotatable bonds is 4. The maximum Gasteiger partial charge on any atom is 0.168 e. The van der Waals surface area contributed by atoms with Crippen LogP contribution >= 0.6 is 15.9 Å². The van der Waals surface area contributed by atoms with Gasteiger partial charge in [0.05, 0.1) is 28.2 Å². The van der Waals surface area contributed by atoms with E-state index in [-0.39, 0.29) is 29.2 Å². The van der Waals surface area contributed by atoms with Crippen LogP contribution in [0.5, 0.6) is 0 Å². The highest BCUT2D eigenvalue weighted by Crippen LogP contribution is 2.37. The topological polar surface area (TPSA) is 92.8 Å². The molecule has 1 aromatic carbocycles. The van der Waals surface area contributed by atoms with E-state index in [1.54, 1.807) is 0 Å². The molecule has 1 saturated carbocycles. The second-order valence-corrected chi connectivity index (χ2v) is 9.92. The van der Waals surface area contributed by atoms with Crippen LogP contribution in [-0.4, -0.2) is 27.5 Å². The lowest BCUT2D eigenvalue weighted by molar-refractivity contribution is -0.117. The SMILES string of the molecule is CC1(C)CC(=O)/C(=C(/O)CCc2noc3c2C(=O)CCC3)C(=Nc2ccc(Br)cc2)C1. The van der Waals surface area contributed by atoms with Crippen molar-refractivity contribution in [3.05, 3.63) is 57.1 Å². The summed E-state index contributed by atoms with van der Waals surface area (Å²) in [6.07, 6.45) is 3.45. The smallest absolute Gasteiger partial charge is 0.168 e. The van der Waals surface area contributed by atoms with Crippen LogP contribution in [0.3, 0.4) is 0 Å². The van der Waals surface area contributed by atoms with Crippen LogP contribution in [0.15, 0.2) is 49.6 Å². The van der Waals surface area contributed by atoms with Gasteiger partial charge < -0.3 is 9.63 Å². The number of allylic oxidation sites excluding steroid dienone is 2. The molecule has 0 bridgehead atoms. The van der Waals surface area contributed by atoms with Crippen molar-refractivity contribution in [3.63, 3.8) is 0 Å². The molecule has 7 heteroatoms. The molecule has 162 valence electrons. The molecular weight excluding hydrogens is 460 g/mol. The van der Waals surface area contributed by atoms with Gasteiger partial charge >= 0.3 is 0 Å². The van der Waals surface area contributed by atoms with Gasteiger partial charge in [0.15, 0.2) is 11.6 Å². The summed E-state index contributed by atoms with van der Waals surface area (Å²) >= 11 is 3.41. The minimum atomic E-state index is -0.229. The molecular formula is C24H25BrN2O4. The van der Waals surface area contributed by atoms with Crippen molar-refractivity contribution in [2.75, 3.05) is 0 Å². The first-order valence-corrected chi connectivity index (χ1v) is 11.3. The van der Waals surface area contributed by atoms with Crippen LogP contribution in [0.1, 0.15) is 67.8 Å². The van der Waals surface area contributed by atoms with Crippen molar-refractivity contribution >= 4 is 38.9 Å². The molecule has 0 unspecified atom stereocenters. The lowest BCUT2D eigenvalue weighted by atomic mass is 9.73. The number of hydrogen-bond acceptors (Lipinski definition) is 6.